The second-order valence-corrected chi connectivity index (χ2v) is 4.47. The van der Waals surface area contributed by atoms with E-state index in [9.17, 15) is 4.79 Å². The maximum Gasteiger partial charge on any atom is 0.227 e. The number of hydrogen-bond acceptors (Lipinski definition) is 2. The molecule has 1 aliphatic heterocycles. The molecule has 1 aromatic heterocycles. The Kier molecular flexibility index (Phi) is 3.54. The molecule has 2 heterocycles. The van der Waals surface area contributed by atoms with E-state index in [-0.39, 0.29) is 5.91 Å². The van der Waals surface area contributed by atoms with Gasteiger partial charge in [0.2, 0.25) is 5.91 Å². The Morgan fingerprint density at radius 2 is 2.44 bits per heavy atom. The number of hydrogen-bond donors (Lipinski definition) is 0. The predicted octanol–water partition coefficient (Wildman–Crippen LogP) is 2.03. The first-order chi connectivity index (χ1) is 7.77. The van der Waals surface area contributed by atoms with Crippen molar-refractivity contribution in [1.82, 2.24) is 9.88 Å². The van der Waals surface area contributed by atoms with E-state index in [1.54, 1.807) is 12.4 Å². The molecule has 16 heavy (non-hydrogen) atoms. The first-order valence-electron chi connectivity index (χ1n) is 5.96. The molecule has 2 rings (SSSR count). The van der Waals surface area contributed by atoms with E-state index < -0.39 is 0 Å². The van der Waals surface area contributed by atoms with Gasteiger partial charge < -0.3 is 4.90 Å². The van der Waals surface area contributed by atoms with Crippen molar-refractivity contribution in [3.63, 3.8) is 0 Å². The first kappa shape index (κ1) is 11.1. The Morgan fingerprint density at radius 3 is 3.12 bits per heavy atom. The molecule has 1 unspecified atom stereocenters. The summed E-state index contributed by atoms with van der Waals surface area (Å²) in [6, 6.07) is 4.24. The SMILES string of the molecule is CC1CCCCN1C(=O)Cc1cccnc1. The van der Waals surface area contributed by atoms with Crippen molar-refractivity contribution >= 4 is 5.91 Å². The lowest BCUT2D eigenvalue weighted by Gasteiger charge is -2.33. The third-order valence-electron chi connectivity index (χ3n) is 3.20. The van der Waals surface area contributed by atoms with Crippen LogP contribution in [0.5, 0.6) is 0 Å². The van der Waals surface area contributed by atoms with Crippen molar-refractivity contribution in [2.45, 2.75) is 38.6 Å². The Balaban J connectivity index is 1.97. The van der Waals surface area contributed by atoms with E-state index in [2.05, 4.69) is 11.9 Å². The van der Waals surface area contributed by atoms with Gasteiger partial charge in [0.1, 0.15) is 0 Å². The fourth-order valence-corrected chi connectivity index (χ4v) is 2.25. The second-order valence-electron chi connectivity index (χ2n) is 4.47. The summed E-state index contributed by atoms with van der Waals surface area (Å²) in [5, 5.41) is 0. The molecule has 0 bridgehead atoms. The number of pyridine rings is 1. The number of nitrogens with zero attached hydrogens (tertiary/aromatic N) is 2. The van der Waals surface area contributed by atoms with Crippen LogP contribution in [-0.2, 0) is 11.2 Å². The van der Waals surface area contributed by atoms with E-state index >= 15 is 0 Å². The van der Waals surface area contributed by atoms with Crippen molar-refractivity contribution < 1.29 is 4.79 Å². The monoisotopic (exact) mass is 218 g/mol. The highest BCUT2D eigenvalue weighted by molar-refractivity contribution is 5.79. The molecule has 86 valence electrons. The fraction of sp³-hybridized carbons (Fsp3) is 0.538. The summed E-state index contributed by atoms with van der Waals surface area (Å²) < 4.78 is 0. The van der Waals surface area contributed by atoms with Crippen molar-refractivity contribution in [3.8, 4) is 0 Å². The number of rotatable bonds is 2. The molecule has 3 heteroatoms. The summed E-state index contributed by atoms with van der Waals surface area (Å²) in [5.74, 6) is 0.236. The van der Waals surface area contributed by atoms with E-state index in [1.807, 2.05) is 17.0 Å². The van der Waals surface area contributed by atoms with Crippen LogP contribution in [0, 0.1) is 0 Å². The minimum atomic E-state index is 0.236. The van der Waals surface area contributed by atoms with E-state index in [4.69, 9.17) is 0 Å². The van der Waals surface area contributed by atoms with Crippen LogP contribution in [0.15, 0.2) is 24.5 Å². The Hall–Kier alpha value is -1.38. The number of carbonyl (C=O) groups is 1. The Morgan fingerprint density at radius 1 is 1.56 bits per heavy atom. The van der Waals surface area contributed by atoms with Crippen LogP contribution in [-0.4, -0.2) is 28.4 Å². The minimum Gasteiger partial charge on any atom is -0.340 e. The van der Waals surface area contributed by atoms with Crippen molar-refractivity contribution in [3.05, 3.63) is 30.1 Å². The fourth-order valence-electron chi connectivity index (χ4n) is 2.25. The van der Waals surface area contributed by atoms with Crippen molar-refractivity contribution in [1.29, 1.82) is 0 Å². The van der Waals surface area contributed by atoms with Gasteiger partial charge in [0.15, 0.2) is 0 Å². The van der Waals surface area contributed by atoms with Gasteiger partial charge in [0.05, 0.1) is 6.42 Å². The van der Waals surface area contributed by atoms with Gasteiger partial charge in [-0.05, 0) is 37.8 Å². The molecule has 0 aromatic carbocycles. The average molecular weight is 218 g/mol. The van der Waals surface area contributed by atoms with E-state index in [0.717, 1.165) is 24.9 Å². The highest BCUT2D eigenvalue weighted by Crippen LogP contribution is 2.17. The van der Waals surface area contributed by atoms with Gasteiger partial charge in [-0.15, -0.1) is 0 Å². The summed E-state index contributed by atoms with van der Waals surface area (Å²) in [6.45, 7) is 3.06. The van der Waals surface area contributed by atoms with Gasteiger partial charge in [0.25, 0.3) is 0 Å². The quantitative estimate of drug-likeness (QED) is 0.761. The molecule has 0 spiro atoms. The van der Waals surface area contributed by atoms with E-state index in [1.165, 1.54) is 6.42 Å². The van der Waals surface area contributed by atoms with Crippen molar-refractivity contribution in [2.75, 3.05) is 6.54 Å². The van der Waals surface area contributed by atoms with Gasteiger partial charge in [-0.2, -0.15) is 0 Å². The average Bonchev–Trinajstić information content (AvgIpc) is 2.31. The molecule has 1 saturated heterocycles. The third kappa shape index (κ3) is 2.60. The molecular formula is C13H18N2O. The van der Waals surface area contributed by atoms with Crippen LogP contribution in [0.3, 0.4) is 0 Å². The number of piperidine rings is 1. The molecule has 1 aliphatic rings. The number of carbonyl (C=O) groups excluding carboxylic acids is 1. The summed E-state index contributed by atoms with van der Waals surface area (Å²) in [7, 11) is 0. The maximum absolute atomic E-state index is 12.1. The lowest BCUT2D eigenvalue weighted by atomic mass is 10.0. The number of likely N-dealkylation sites (tertiary alicyclic amines) is 1. The first-order valence-corrected chi connectivity index (χ1v) is 5.96. The highest BCUT2D eigenvalue weighted by Gasteiger charge is 2.22. The molecule has 1 atom stereocenters. The second kappa shape index (κ2) is 5.10. The van der Waals surface area contributed by atoms with Crippen molar-refractivity contribution in [2.24, 2.45) is 0 Å². The molecule has 0 saturated carbocycles. The summed E-state index contributed by atoms with van der Waals surface area (Å²) >= 11 is 0. The molecule has 0 aliphatic carbocycles. The molecule has 1 fully saturated rings. The summed E-state index contributed by atoms with van der Waals surface area (Å²) in [4.78, 5) is 18.1. The molecule has 1 amide bonds. The zero-order chi connectivity index (χ0) is 11.4. The molecule has 3 nitrogen and oxygen atoms in total. The van der Waals surface area contributed by atoms with Crippen LogP contribution < -0.4 is 0 Å². The summed E-state index contributed by atoms with van der Waals surface area (Å²) in [5.41, 5.74) is 1.00. The molecule has 0 N–H and O–H groups in total. The molecule has 0 radical (unpaired) electrons. The zero-order valence-corrected chi connectivity index (χ0v) is 9.72. The van der Waals surface area contributed by atoms with Crippen LogP contribution in [0.2, 0.25) is 0 Å². The number of aromatic nitrogens is 1. The largest absolute Gasteiger partial charge is 0.340 e. The van der Waals surface area contributed by atoms with Crippen LogP contribution in [0.25, 0.3) is 0 Å². The Bertz CT molecular complexity index is 350. The Labute approximate surface area is 96.5 Å². The van der Waals surface area contributed by atoms with Gasteiger partial charge in [-0.25, -0.2) is 0 Å². The van der Waals surface area contributed by atoms with Crippen LogP contribution >= 0.6 is 0 Å². The van der Waals surface area contributed by atoms with Gasteiger partial charge >= 0.3 is 0 Å². The van der Waals surface area contributed by atoms with E-state index in [0.29, 0.717) is 12.5 Å². The normalized spacial score (nSPS) is 20.8. The van der Waals surface area contributed by atoms with Crippen LogP contribution in [0.1, 0.15) is 31.7 Å². The minimum absolute atomic E-state index is 0.236. The third-order valence-corrected chi connectivity index (χ3v) is 3.20. The van der Waals surface area contributed by atoms with Gasteiger partial charge in [0, 0.05) is 25.0 Å². The highest BCUT2D eigenvalue weighted by atomic mass is 16.2. The lowest BCUT2D eigenvalue weighted by molar-refractivity contribution is -0.133. The van der Waals surface area contributed by atoms with Gasteiger partial charge in [-0.3, -0.25) is 9.78 Å². The topological polar surface area (TPSA) is 33.2 Å². The molecule has 1 aromatic rings. The van der Waals surface area contributed by atoms with Gasteiger partial charge in [-0.1, -0.05) is 6.07 Å². The van der Waals surface area contributed by atoms with Crippen LogP contribution in [0.4, 0.5) is 0 Å². The number of amides is 1. The standard InChI is InChI=1S/C13H18N2O/c1-11-5-2-3-8-15(11)13(16)9-12-6-4-7-14-10-12/h4,6-7,10-11H,2-3,5,8-9H2,1H3. The summed E-state index contributed by atoms with van der Waals surface area (Å²) in [6.07, 6.45) is 7.52. The predicted molar refractivity (Wildman–Crippen MR) is 63.0 cm³/mol. The maximum atomic E-state index is 12.1. The molecular weight excluding hydrogens is 200 g/mol. The zero-order valence-electron chi connectivity index (χ0n) is 9.72. The lowest BCUT2D eigenvalue weighted by Crippen LogP contribution is -2.42. The smallest absolute Gasteiger partial charge is 0.227 e.